The number of amides is 4. The molecule has 10 heteroatoms. The second kappa shape index (κ2) is 8.87. The smallest absolute Gasteiger partial charge is 0.321 e. The average Bonchev–Trinajstić information content (AvgIpc) is 3.11. The molecule has 3 N–H and O–H groups in total. The molecule has 3 rings (SSSR count). The number of aromatic nitrogens is 2. The molecule has 0 radical (unpaired) electrons. The van der Waals surface area contributed by atoms with Gasteiger partial charge in [-0.05, 0) is 31.0 Å². The molecule has 2 atom stereocenters. The van der Waals surface area contributed by atoms with E-state index in [9.17, 15) is 14.4 Å². The fraction of sp³-hybridized carbons (Fsp3) is 0.389. The molecule has 1 aromatic heterocycles. The number of benzene rings is 1. The molecular weight excluding hydrogens is 382 g/mol. The van der Waals surface area contributed by atoms with Crippen LogP contribution in [0.15, 0.2) is 33.9 Å². The molecule has 1 aliphatic heterocycles. The Balaban J connectivity index is 1.49. The van der Waals surface area contributed by atoms with E-state index in [2.05, 4.69) is 33.1 Å². The Labute approximate surface area is 166 Å². The number of hydrogen-bond acceptors (Lipinski definition) is 7. The lowest BCUT2D eigenvalue weighted by Gasteiger charge is -2.27. The van der Waals surface area contributed by atoms with Gasteiger partial charge in [-0.25, -0.2) is 4.79 Å². The van der Waals surface area contributed by atoms with E-state index in [1.54, 1.807) is 6.92 Å². The highest BCUT2D eigenvalue weighted by Crippen LogP contribution is 2.20. The Morgan fingerprint density at radius 2 is 2.00 bits per heavy atom. The van der Waals surface area contributed by atoms with Crippen LogP contribution in [-0.4, -0.2) is 39.8 Å². The lowest BCUT2D eigenvalue weighted by Crippen LogP contribution is -2.57. The minimum absolute atomic E-state index is 0.119. The summed E-state index contributed by atoms with van der Waals surface area (Å²) in [6, 6.07) is 6.82. The fourth-order valence-electron chi connectivity index (χ4n) is 2.76. The molecule has 2 aromatic rings. The van der Waals surface area contributed by atoms with E-state index < -0.39 is 11.9 Å². The van der Waals surface area contributed by atoms with Crippen LogP contribution in [0.1, 0.15) is 25.3 Å². The van der Waals surface area contributed by atoms with Gasteiger partial charge in [0.05, 0.1) is 11.7 Å². The topological polar surface area (TPSA) is 126 Å². The van der Waals surface area contributed by atoms with Gasteiger partial charge in [0, 0.05) is 18.2 Å². The van der Waals surface area contributed by atoms with Crippen molar-refractivity contribution in [2.75, 3.05) is 11.1 Å². The zero-order valence-corrected chi connectivity index (χ0v) is 16.3. The van der Waals surface area contributed by atoms with E-state index in [0.29, 0.717) is 0 Å². The fourth-order valence-corrected chi connectivity index (χ4v) is 3.34. The first kappa shape index (κ1) is 19.9. The molecule has 0 spiro atoms. The number of urea groups is 1. The van der Waals surface area contributed by atoms with Crippen LogP contribution in [0, 0.1) is 5.92 Å². The number of thioether (sulfide) groups is 1. The molecular formula is C18H21N5O4S. The number of carbonyl (C=O) groups is 3. The summed E-state index contributed by atoms with van der Waals surface area (Å²) in [6.07, 6.45) is 1.15. The molecule has 0 bridgehead atoms. The highest BCUT2D eigenvalue weighted by molar-refractivity contribution is 7.99. The summed E-state index contributed by atoms with van der Waals surface area (Å²) in [4.78, 5) is 35.3. The van der Waals surface area contributed by atoms with Crippen molar-refractivity contribution in [1.29, 1.82) is 0 Å². The molecule has 148 valence electrons. The molecule has 1 aromatic carbocycles. The summed E-state index contributed by atoms with van der Waals surface area (Å²) in [5.41, 5.74) is 1.93. The van der Waals surface area contributed by atoms with Gasteiger partial charge in [0.2, 0.25) is 17.7 Å². The van der Waals surface area contributed by atoms with Crippen LogP contribution in [0.25, 0.3) is 0 Å². The third-order valence-corrected chi connectivity index (χ3v) is 5.17. The minimum atomic E-state index is -0.508. The highest BCUT2D eigenvalue weighted by atomic mass is 32.2. The standard InChI is InChI=1S/C18H21N5O4S/c1-3-11-4-6-12(7-5-11)20-14(24)9-28-18-23-22-15(27-18)8-13-10(2)19-17(26)21-16(13)25/h4-7,10,13H,3,8-9H2,1-2H3,(H,20,24)(H2,19,21,25,26). The van der Waals surface area contributed by atoms with Gasteiger partial charge in [0.25, 0.3) is 5.22 Å². The number of aryl methyl sites for hydroxylation is 1. The molecule has 1 aliphatic rings. The maximum Gasteiger partial charge on any atom is 0.321 e. The molecule has 0 saturated carbocycles. The molecule has 0 aliphatic carbocycles. The van der Waals surface area contributed by atoms with Crippen LogP contribution in [0.2, 0.25) is 0 Å². The van der Waals surface area contributed by atoms with E-state index in [1.807, 2.05) is 24.3 Å². The van der Waals surface area contributed by atoms with Crippen LogP contribution in [0.5, 0.6) is 0 Å². The molecule has 2 heterocycles. The molecule has 2 unspecified atom stereocenters. The van der Waals surface area contributed by atoms with Crippen LogP contribution < -0.4 is 16.0 Å². The Hall–Kier alpha value is -2.88. The van der Waals surface area contributed by atoms with Gasteiger partial charge in [0.15, 0.2) is 0 Å². The van der Waals surface area contributed by atoms with Gasteiger partial charge in [-0.3, -0.25) is 14.9 Å². The van der Waals surface area contributed by atoms with E-state index in [1.165, 1.54) is 5.56 Å². The van der Waals surface area contributed by atoms with Crippen molar-refractivity contribution in [1.82, 2.24) is 20.8 Å². The Morgan fingerprint density at radius 1 is 1.25 bits per heavy atom. The third-order valence-electron chi connectivity index (χ3n) is 4.35. The van der Waals surface area contributed by atoms with Gasteiger partial charge in [0.1, 0.15) is 0 Å². The van der Waals surface area contributed by atoms with Crippen molar-refractivity contribution in [3.05, 3.63) is 35.7 Å². The Kier molecular flexibility index (Phi) is 6.30. The van der Waals surface area contributed by atoms with Crippen LogP contribution in [0.4, 0.5) is 10.5 Å². The molecule has 1 saturated heterocycles. The van der Waals surface area contributed by atoms with Gasteiger partial charge in [-0.2, -0.15) is 0 Å². The second-order valence-corrected chi connectivity index (χ2v) is 7.34. The summed E-state index contributed by atoms with van der Waals surface area (Å²) in [7, 11) is 0. The number of carbonyl (C=O) groups excluding carboxylic acids is 3. The normalized spacial score (nSPS) is 19.1. The second-order valence-electron chi connectivity index (χ2n) is 6.41. The first-order valence-corrected chi connectivity index (χ1v) is 9.88. The number of nitrogens with zero attached hydrogens (tertiary/aromatic N) is 2. The van der Waals surface area contributed by atoms with Crippen molar-refractivity contribution >= 4 is 35.3 Å². The lowest BCUT2D eigenvalue weighted by atomic mass is 9.95. The summed E-state index contributed by atoms with van der Waals surface area (Å²) in [5.74, 6) is -0.659. The number of hydrogen-bond donors (Lipinski definition) is 3. The van der Waals surface area contributed by atoms with Crippen molar-refractivity contribution in [3.63, 3.8) is 0 Å². The van der Waals surface area contributed by atoms with E-state index in [0.717, 1.165) is 23.9 Å². The first-order valence-electron chi connectivity index (χ1n) is 8.90. The molecule has 28 heavy (non-hydrogen) atoms. The third kappa shape index (κ3) is 5.10. The monoisotopic (exact) mass is 403 g/mol. The molecule has 4 amide bonds. The quantitative estimate of drug-likeness (QED) is 0.601. The number of imide groups is 1. The van der Waals surface area contributed by atoms with Gasteiger partial charge in [-0.1, -0.05) is 30.8 Å². The van der Waals surface area contributed by atoms with E-state index in [4.69, 9.17) is 4.42 Å². The lowest BCUT2D eigenvalue weighted by molar-refractivity contribution is -0.125. The van der Waals surface area contributed by atoms with Crippen molar-refractivity contribution in [2.45, 2.75) is 38.0 Å². The zero-order valence-electron chi connectivity index (χ0n) is 15.5. The van der Waals surface area contributed by atoms with Crippen molar-refractivity contribution in [3.8, 4) is 0 Å². The van der Waals surface area contributed by atoms with Crippen LogP contribution in [-0.2, 0) is 22.4 Å². The maximum atomic E-state index is 12.1. The predicted molar refractivity (Wildman–Crippen MR) is 103 cm³/mol. The minimum Gasteiger partial charge on any atom is -0.416 e. The number of rotatable bonds is 7. The number of nitrogens with one attached hydrogen (secondary N) is 3. The summed E-state index contributed by atoms with van der Waals surface area (Å²) in [5, 5.41) is 15.7. The summed E-state index contributed by atoms with van der Waals surface area (Å²) < 4.78 is 5.51. The zero-order chi connectivity index (χ0) is 20.1. The predicted octanol–water partition coefficient (Wildman–Crippen LogP) is 1.75. The van der Waals surface area contributed by atoms with E-state index in [-0.39, 0.29) is 41.1 Å². The summed E-state index contributed by atoms with van der Waals surface area (Å²) >= 11 is 1.12. The van der Waals surface area contributed by atoms with Crippen molar-refractivity contribution < 1.29 is 18.8 Å². The largest absolute Gasteiger partial charge is 0.416 e. The molecule has 1 fully saturated rings. The van der Waals surface area contributed by atoms with Gasteiger partial charge in [-0.15, -0.1) is 10.2 Å². The van der Waals surface area contributed by atoms with E-state index >= 15 is 0 Å². The Morgan fingerprint density at radius 3 is 2.68 bits per heavy atom. The first-order chi connectivity index (χ1) is 13.4. The van der Waals surface area contributed by atoms with Gasteiger partial charge < -0.3 is 15.1 Å². The van der Waals surface area contributed by atoms with Crippen LogP contribution >= 0.6 is 11.8 Å². The van der Waals surface area contributed by atoms with Crippen molar-refractivity contribution in [2.24, 2.45) is 5.92 Å². The van der Waals surface area contributed by atoms with Gasteiger partial charge >= 0.3 is 6.03 Å². The SMILES string of the molecule is CCc1ccc(NC(=O)CSc2nnc(CC3C(=O)NC(=O)NC3C)o2)cc1. The molecule has 9 nitrogen and oxygen atoms in total. The average molecular weight is 403 g/mol. The summed E-state index contributed by atoms with van der Waals surface area (Å²) in [6.45, 7) is 3.81. The highest BCUT2D eigenvalue weighted by Gasteiger charge is 2.34. The maximum absolute atomic E-state index is 12.1. The van der Waals surface area contributed by atoms with Crippen LogP contribution in [0.3, 0.4) is 0 Å². The number of anilines is 1. The Bertz CT molecular complexity index is 867.